The van der Waals surface area contributed by atoms with Crippen LogP contribution in [0.5, 0.6) is 0 Å². The number of thiophene rings is 1. The van der Waals surface area contributed by atoms with Gasteiger partial charge < -0.3 is 4.57 Å². The fourth-order valence-electron chi connectivity index (χ4n) is 8.16. The Bertz CT molecular complexity index is 2940. The molecule has 0 radical (unpaired) electrons. The van der Waals surface area contributed by atoms with Gasteiger partial charge in [-0.2, -0.15) is 0 Å². The van der Waals surface area contributed by atoms with Crippen molar-refractivity contribution in [3.63, 3.8) is 0 Å². The van der Waals surface area contributed by atoms with Crippen molar-refractivity contribution >= 4 is 53.3 Å². The van der Waals surface area contributed by atoms with Crippen LogP contribution in [0.3, 0.4) is 0 Å². The van der Waals surface area contributed by atoms with Crippen LogP contribution in [0.25, 0.3) is 93.0 Å². The van der Waals surface area contributed by atoms with E-state index in [1.807, 2.05) is 72.0 Å². The third-order valence-corrected chi connectivity index (χ3v) is 11.9. The molecule has 0 fully saturated rings. The highest BCUT2D eigenvalue weighted by atomic mass is 32.1. The van der Waals surface area contributed by atoms with Crippen molar-refractivity contribution in [3.8, 4) is 51.0 Å². The van der Waals surface area contributed by atoms with Gasteiger partial charge in [0.25, 0.3) is 0 Å². The molecule has 0 aliphatic rings. The predicted molar refractivity (Wildman–Crippen MR) is 228 cm³/mol. The van der Waals surface area contributed by atoms with E-state index in [1.165, 1.54) is 64.2 Å². The maximum atomic E-state index is 5.02. The minimum atomic E-state index is 0.647. The van der Waals surface area contributed by atoms with Crippen LogP contribution >= 0.6 is 11.3 Å². The van der Waals surface area contributed by atoms with Gasteiger partial charge in [0.2, 0.25) is 0 Å². The van der Waals surface area contributed by atoms with E-state index in [2.05, 4.69) is 115 Å². The molecule has 0 spiro atoms. The van der Waals surface area contributed by atoms with Gasteiger partial charge in [-0.05, 0) is 65.9 Å². The quantitative estimate of drug-likeness (QED) is 0.165. The lowest BCUT2D eigenvalue weighted by molar-refractivity contribution is 1.07. The summed E-state index contributed by atoms with van der Waals surface area (Å²) in [6.07, 6.45) is 1.89. The normalized spacial score (nSPS) is 11.7. The summed E-state index contributed by atoms with van der Waals surface area (Å²) < 4.78 is 5.22. The summed E-state index contributed by atoms with van der Waals surface area (Å²) >= 11 is 1.93. The number of rotatable bonds is 7. The third kappa shape index (κ3) is 5.15. The molecular formula is C49H36N4S. The molecule has 0 N–H and O–H groups in total. The lowest BCUT2D eigenvalue weighted by atomic mass is 9.89. The first-order valence-corrected chi connectivity index (χ1v) is 19.5. The molecule has 0 aliphatic carbocycles. The Kier molecular flexibility index (Phi) is 7.88. The summed E-state index contributed by atoms with van der Waals surface area (Å²) in [5.74, 6) is 1.96. The number of nitrogens with zero attached hydrogens (tertiary/aromatic N) is 4. The average Bonchev–Trinajstić information content (AvgIpc) is 3.80. The van der Waals surface area contributed by atoms with Crippen molar-refractivity contribution < 1.29 is 0 Å². The van der Waals surface area contributed by atoms with E-state index in [9.17, 15) is 0 Å². The van der Waals surface area contributed by atoms with Crippen LogP contribution in [-0.2, 0) is 12.8 Å². The van der Waals surface area contributed by atoms with E-state index < -0.39 is 0 Å². The number of hydrogen-bond acceptors (Lipinski definition) is 4. The second-order valence-electron chi connectivity index (χ2n) is 13.7. The van der Waals surface area contributed by atoms with E-state index >= 15 is 0 Å². The summed E-state index contributed by atoms with van der Waals surface area (Å²) in [6.45, 7) is 4.58. The summed E-state index contributed by atoms with van der Waals surface area (Å²) in [6, 6.07) is 55.9. The maximum Gasteiger partial charge on any atom is 0.164 e. The molecule has 4 nitrogen and oxygen atoms in total. The first-order chi connectivity index (χ1) is 26.7. The number of aryl methyl sites for hydroxylation is 2. The molecule has 54 heavy (non-hydrogen) atoms. The minimum absolute atomic E-state index is 0.647. The molecule has 0 bridgehead atoms. The Labute approximate surface area is 318 Å². The van der Waals surface area contributed by atoms with Crippen LogP contribution in [0.4, 0.5) is 0 Å². The predicted octanol–water partition coefficient (Wildman–Crippen LogP) is 13.1. The van der Waals surface area contributed by atoms with Crippen LogP contribution in [0.1, 0.15) is 25.0 Å². The highest BCUT2D eigenvalue weighted by Gasteiger charge is 2.26. The Balaban J connectivity index is 1.25. The lowest BCUT2D eigenvalue weighted by Crippen LogP contribution is -2.01. The molecule has 0 saturated heterocycles. The fraction of sp³-hybridized carbons (Fsp3) is 0.0816. The smallest absolute Gasteiger partial charge is 0.164 e. The summed E-state index contributed by atoms with van der Waals surface area (Å²) in [4.78, 5) is 14.9. The van der Waals surface area contributed by atoms with Gasteiger partial charge in [-0.15, -0.1) is 11.3 Å². The van der Waals surface area contributed by atoms with Crippen molar-refractivity contribution in [2.45, 2.75) is 26.7 Å². The standard InChI is InChI=1S/C49H36N4S/c1-3-31-17-11-12-22-37(31)42-36(4-2)46-44(39-24-14-16-26-41(39)54-46)43-38-23-13-15-25-40(38)53(45(42)43)35-29-27-34(28-30-35)49-51-47(32-18-7-5-8-19-32)50-48(52-49)33-20-9-6-10-21-33/h5-30H,3-4H2,1-2H3. The van der Waals surface area contributed by atoms with E-state index in [0.29, 0.717) is 17.5 Å². The number of hydrogen-bond donors (Lipinski definition) is 0. The summed E-state index contributed by atoms with van der Waals surface area (Å²) in [7, 11) is 0. The number of para-hydroxylation sites is 1. The highest BCUT2D eigenvalue weighted by molar-refractivity contribution is 7.26. The Hall–Kier alpha value is -6.43. The van der Waals surface area contributed by atoms with E-state index in [0.717, 1.165) is 35.2 Å². The van der Waals surface area contributed by atoms with Crippen molar-refractivity contribution in [1.82, 2.24) is 19.5 Å². The number of fused-ring (bicyclic) bond motifs is 7. The molecule has 0 aliphatic heterocycles. The van der Waals surface area contributed by atoms with Crippen LogP contribution in [0.2, 0.25) is 0 Å². The monoisotopic (exact) mass is 712 g/mol. The number of aromatic nitrogens is 4. The Morgan fingerprint density at radius 3 is 1.70 bits per heavy atom. The molecular weight excluding hydrogens is 677 g/mol. The zero-order valence-corrected chi connectivity index (χ0v) is 30.9. The highest BCUT2D eigenvalue weighted by Crippen LogP contribution is 2.50. The fourth-order valence-corrected chi connectivity index (χ4v) is 9.49. The van der Waals surface area contributed by atoms with Gasteiger partial charge in [-0.3, -0.25) is 0 Å². The maximum absolute atomic E-state index is 5.02. The van der Waals surface area contributed by atoms with Crippen molar-refractivity contribution in [1.29, 1.82) is 0 Å². The van der Waals surface area contributed by atoms with Crippen molar-refractivity contribution in [3.05, 3.63) is 169 Å². The third-order valence-electron chi connectivity index (χ3n) is 10.6. The molecule has 0 unspecified atom stereocenters. The molecule has 5 heteroatoms. The van der Waals surface area contributed by atoms with Crippen LogP contribution < -0.4 is 0 Å². The van der Waals surface area contributed by atoms with Crippen molar-refractivity contribution in [2.75, 3.05) is 0 Å². The Morgan fingerprint density at radius 1 is 0.500 bits per heavy atom. The van der Waals surface area contributed by atoms with E-state index in [1.54, 1.807) is 0 Å². The van der Waals surface area contributed by atoms with Crippen molar-refractivity contribution in [2.24, 2.45) is 0 Å². The van der Waals surface area contributed by atoms with Gasteiger partial charge in [0.15, 0.2) is 17.5 Å². The zero-order chi connectivity index (χ0) is 36.2. The summed E-state index contributed by atoms with van der Waals surface area (Å²) in [5, 5.41) is 5.26. The van der Waals surface area contributed by atoms with E-state index in [4.69, 9.17) is 15.0 Å². The molecule has 258 valence electrons. The van der Waals surface area contributed by atoms with Gasteiger partial charge in [-0.1, -0.05) is 135 Å². The molecule has 10 rings (SSSR count). The minimum Gasteiger partial charge on any atom is -0.309 e. The second kappa shape index (κ2) is 13.2. The van der Waals surface area contributed by atoms with Gasteiger partial charge in [0, 0.05) is 58.9 Å². The van der Waals surface area contributed by atoms with Crippen LogP contribution in [-0.4, -0.2) is 19.5 Å². The molecule has 3 aromatic heterocycles. The molecule has 10 aromatic rings. The van der Waals surface area contributed by atoms with Gasteiger partial charge >= 0.3 is 0 Å². The lowest BCUT2D eigenvalue weighted by Gasteiger charge is -2.19. The zero-order valence-electron chi connectivity index (χ0n) is 30.1. The van der Waals surface area contributed by atoms with Gasteiger partial charge in [0.1, 0.15) is 0 Å². The summed E-state index contributed by atoms with van der Waals surface area (Å²) in [5.41, 5.74) is 11.8. The average molecular weight is 713 g/mol. The first kappa shape index (κ1) is 32.2. The molecule has 7 aromatic carbocycles. The topological polar surface area (TPSA) is 43.6 Å². The SMILES string of the molecule is CCc1ccccc1-c1c(CC)c2sc3ccccc3c2c2c3ccccc3n(-c3ccc(-c4nc(-c5ccccc5)nc(-c5ccccc5)n4)cc3)c12. The van der Waals surface area contributed by atoms with Gasteiger partial charge in [0.05, 0.1) is 11.0 Å². The van der Waals surface area contributed by atoms with Gasteiger partial charge in [-0.25, -0.2) is 15.0 Å². The molecule has 0 saturated carbocycles. The van der Waals surface area contributed by atoms with Crippen LogP contribution in [0, 0.1) is 0 Å². The van der Waals surface area contributed by atoms with E-state index in [-0.39, 0.29) is 0 Å². The first-order valence-electron chi connectivity index (χ1n) is 18.7. The molecule has 0 amide bonds. The largest absolute Gasteiger partial charge is 0.309 e. The molecule has 3 heterocycles. The number of benzene rings is 7. The molecule has 0 atom stereocenters. The Morgan fingerprint density at radius 2 is 1.06 bits per heavy atom. The second-order valence-corrected chi connectivity index (χ2v) is 14.7. The van der Waals surface area contributed by atoms with Crippen LogP contribution in [0.15, 0.2) is 158 Å².